The van der Waals surface area contributed by atoms with E-state index >= 15 is 0 Å². The van der Waals surface area contributed by atoms with Gasteiger partial charge in [-0.05, 0) is 19.3 Å². The van der Waals surface area contributed by atoms with Gasteiger partial charge in [0.25, 0.3) is 0 Å². The molecule has 1 N–H and O–H groups in total. The van der Waals surface area contributed by atoms with Crippen molar-refractivity contribution in [3.05, 3.63) is 18.0 Å². The minimum Gasteiger partial charge on any atom is -0.388 e. The lowest BCUT2D eigenvalue weighted by Crippen LogP contribution is -2.17. The van der Waals surface area contributed by atoms with Crippen LogP contribution in [0.25, 0.3) is 0 Å². The molecule has 0 aromatic carbocycles. The molecule has 0 spiro atoms. The van der Waals surface area contributed by atoms with Gasteiger partial charge in [-0.2, -0.15) is 5.10 Å². The van der Waals surface area contributed by atoms with Gasteiger partial charge in [0.1, 0.15) is 0 Å². The zero-order valence-corrected chi connectivity index (χ0v) is 9.65. The van der Waals surface area contributed by atoms with Crippen molar-refractivity contribution in [1.82, 2.24) is 9.78 Å². The number of nitrogens with zero attached hydrogens (tertiary/aromatic N) is 2. The molecule has 0 radical (unpaired) electrons. The molecular weight excluding hydrogens is 176 g/mol. The van der Waals surface area contributed by atoms with Crippen LogP contribution in [-0.2, 0) is 0 Å². The van der Waals surface area contributed by atoms with Crippen LogP contribution < -0.4 is 0 Å². The molecule has 0 aliphatic carbocycles. The highest BCUT2D eigenvalue weighted by molar-refractivity contribution is 5.10. The van der Waals surface area contributed by atoms with Crippen LogP contribution >= 0.6 is 0 Å². The molecule has 3 nitrogen and oxygen atoms in total. The van der Waals surface area contributed by atoms with Crippen molar-refractivity contribution < 1.29 is 5.11 Å². The Morgan fingerprint density at radius 3 is 2.29 bits per heavy atom. The third-order valence-electron chi connectivity index (χ3n) is 2.29. The summed E-state index contributed by atoms with van der Waals surface area (Å²) in [5, 5.41) is 14.2. The predicted molar refractivity (Wildman–Crippen MR) is 57.0 cm³/mol. The first-order valence-corrected chi connectivity index (χ1v) is 5.04. The largest absolute Gasteiger partial charge is 0.388 e. The third-order valence-corrected chi connectivity index (χ3v) is 2.29. The van der Waals surface area contributed by atoms with Crippen LogP contribution in [0.5, 0.6) is 0 Å². The highest BCUT2D eigenvalue weighted by Gasteiger charge is 2.25. The fourth-order valence-electron chi connectivity index (χ4n) is 1.28. The van der Waals surface area contributed by atoms with Crippen LogP contribution in [0.3, 0.4) is 0 Å². The zero-order chi connectivity index (χ0) is 10.9. The van der Waals surface area contributed by atoms with E-state index in [1.165, 1.54) is 0 Å². The van der Waals surface area contributed by atoms with E-state index in [0.717, 1.165) is 5.56 Å². The van der Waals surface area contributed by atoms with E-state index in [4.69, 9.17) is 0 Å². The van der Waals surface area contributed by atoms with Crippen molar-refractivity contribution >= 4 is 0 Å². The molecule has 0 aliphatic rings. The summed E-state index contributed by atoms with van der Waals surface area (Å²) in [5.41, 5.74) is 0.761. The van der Waals surface area contributed by atoms with E-state index in [1.807, 2.05) is 31.6 Å². The van der Waals surface area contributed by atoms with Gasteiger partial charge in [-0.15, -0.1) is 0 Å². The molecule has 1 aromatic heterocycles. The molecule has 0 aliphatic heterocycles. The Labute approximate surface area is 85.8 Å². The predicted octanol–water partition coefficient (Wildman–Crippen LogP) is 2.54. The molecule has 1 unspecified atom stereocenters. The van der Waals surface area contributed by atoms with Crippen molar-refractivity contribution in [2.45, 2.75) is 46.8 Å². The molecule has 14 heavy (non-hydrogen) atoms. The van der Waals surface area contributed by atoms with Crippen LogP contribution in [0.4, 0.5) is 0 Å². The van der Waals surface area contributed by atoms with Gasteiger partial charge in [-0.25, -0.2) is 0 Å². The second-order valence-electron chi connectivity index (χ2n) is 5.12. The van der Waals surface area contributed by atoms with Crippen molar-refractivity contribution in [3.63, 3.8) is 0 Å². The van der Waals surface area contributed by atoms with Crippen LogP contribution in [0.1, 0.15) is 52.3 Å². The Morgan fingerprint density at radius 2 is 1.93 bits per heavy atom. The standard InChI is InChI=1S/C11H20N2O/c1-8(2)13-7-9(6-12-13)10(14)11(3,4)5/h6-8,10,14H,1-5H3. The number of aliphatic hydroxyl groups excluding tert-OH is 1. The quantitative estimate of drug-likeness (QED) is 0.789. The van der Waals surface area contributed by atoms with Crippen LogP contribution in [-0.4, -0.2) is 14.9 Å². The van der Waals surface area contributed by atoms with E-state index < -0.39 is 6.10 Å². The third kappa shape index (κ3) is 2.35. The zero-order valence-electron chi connectivity index (χ0n) is 9.65. The molecule has 0 saturated carbocycles. The molecule has 0 amide bonds. The van der Waals surface area contributed by atoms with Crippen molar-refractivity contribution in [3.8, 4) is 0 Å². The summed E-state index contributed by atoms with van der Waals surface area (Å²) in [6, 6.07) is 0.343. The summed E-state index contributed by atoms with van der Waals surface area (Å²) < 4.78 is 1.87. The van der Waals surface area contributed by atoms with Crippen LogP contribution in [0.15, 0.2) is 12.4 Å². The number of aromatic nitrogens is 2. The van der Waals surface area contributed by atoms with Gasteiger partial charge < -0.3 is 5.11 Å². The van der Waals surface area contributed by atoms with Gasteiger partial charge in [0.05, 0.1) is 12.3 Å². The SMILES string of the molecule is CC(C)n1cc(C(O)C(C)(C)C)cn1. The molecule has 1 atom stereocenters. The maximum absolute atomic E-state index is 10.00. The maximum atomic E-state index is 10.00. The second kappa shape index (κ2) is 3.73. The molecule has 0 saturated heterocycles. The smallest absolute Gasteiger partial charge is 0.0868 e. The first kappa shape index (κ1) is 11.2. The van der Waals surface area contributed by atoms with Crippen LogP contribution in [0, 0.1) is 5.41 Å². The Hall–Kier alpha value is -0.830. The molecule has 1 rings (SSSR count). The maximum Gasteiger partial charge on any atom is 0.0868 e. The summed E-state index contributed by atoms with van der Waals surface area (Å²) in [5.74, 6) is 0. The summed E-state index contributed by atoms with van der Waals surface area (Å²) >= 11 is 0. The lowest BCUT2D eigenvalue weighted by molar-refractivity contribution is 0.0626. The average Bonchev–Trinajstić information content (AvgIpc) is 2.48. The fraction of sp³-hybridized carbons (Fsp3) is 0.727. The molecule has 0 fully saturated rings. The Kier molecular flexibility index (Phi) is 3.00. The van der Waals surface area contributed by atoms with Crippen molar-refractivity contribution in [2.75, 3.05) is 0 Å². The molecular formula is C11H20N2O. The fourth-order valence-corrected chi connectivity index (χ4v) is 1.28. The van der Waals surface area contributed by atoms with E-state index in [9.17, 15) is 5.11 Å². The highest BCUT2D eigenvalue weighted by Crippen LogP contribution is 2.32. The number of hydrogen-bond acceptors (Lipinski definition) is 2. The Morgan fingerprint density at radius 1 is 1.36 bits per heavy atom. The molecule has 1 heterocycles. The van der Waals surface area contributed by atoms with Gasteiger partial charge in [-0.3, -0.25) is 4.68 Å². The van der Waals surface area contributed by atoms with Crippen molar-refractivity contribution in [2.24, 2.45) is 5.41 Å². The van der Waals surface area contributed by atoms with Gasteiger partial charge in [0.2, 0.25) is 0 Å². The van der Waals surface area contributed by atoms with E-state index in [2.05, 4.69) is 18.9 Å². The number of rotatable bonds is 2. The van der Waals surface area contributed by atoms with Gasteiger partial charge in [0.15, 0.2) is 0 Å². The number of aliphatic hydroxyl groups is 1. The normalized spacial score (nSPS) is 14.8. The minimum absolute atomic E-state index is 0.134. The Bertz CT molecular complexity index is 296. The highest BCUT2D eigenvalue weighted by atomic mass is 16.3. The van der Waals surface area contributed by atoms with Crippen LogP contribution in [0.2, 0.25) is 0 Å². The van der Waals surface area contributed by atoms with E-state index in [1.54, 1.807) is 6.20 Å². The summed E-state index contributed by atoms with van der Waals surface area (Å²) in [6.07, 6.45) is 3.21. The second-order valence-corrected chi connectivity index (χ2v) is 5.12. The first-order valence-electron chi connectivity index (χ1n) is 5.04. The molecule has 1 aromatic rings. The monoisotopic (exact) mass is 196 g/mol. The lowest BCUT2D eigenvalue weighted by Gasteiger charge is -2.24. The minimum atomic E-state index is -0.449. The summed E-state index contributed by atoms with van der Waals surface area (Å²) in [7, 11) is 0. The van der Waals surface area contributed by atoms with Crippen molar-refractivity contribution in [1.29, 1.82) is 0 Å². The molecule has 80 valence electrons. The van der Waals surface area contributed by atoms with Gasteiger partial charge in [0, 0.05) is 17.8 Å². The number of hydrogen-bond donors (Lipinski definition) is 1. The first-order chi connectivity index (χ1) is 6.32. The van der Waals surface area contributed by atoms with Gasteiger partial charge in [-0.1, -0.05) is 20.8 Å². The topological polar surface area (TPSA) is 38.0 Å². The lowest BCUT2D eigenvalue weighted by atomic mass is 9.86. The van der Waals surface area contributed by atoms with Gasteiger partial charge >= 0.3 is 0 Å². The summed E-state index contributed by atoms with van der Waals surface area (Å²) in [6.45, 7) is 10.2. The summed E-state index contributed by atoms with van der Waals surface area (Å²) in [4.78, 5) is 0. The average molecular weight is 196 g/mol. The van der Waals surface area contributed by atoms with E-state index in [-0.39, 0.29) is 5.41 Å². The molecule has 0 bridgehead atoms. The molecule has 3 heteroatoms. The Balaban J connectivity index is 2.87. The van der Waals surface area contributed by atoms with E-state index in [0.29, 0.717) is 6.04 Å².